The first-order valence-corrected chi connectivity index (χ1v) is 7.31. The molecule has 0 aliphatic heterocycles. The molecule has 0 bridgehead atoms. The fourth-order valence-corrected chi connectivity index (χ4v) is 3.17. The van der Waals surface area contributed by atoms with Crippen molar-refractivity contribution in [3.8, 4) is 5.75 Å². The van der Waals surface area contributed by atoms with Gasteiger partial charge in [-0.1, -0.05) is 20.3 Å². The smallest absolute Gasteiger partial charge is 0.255 e. The van der Waals surface area contributed by atoms with Crippen LogP contribution in [0, 0.1) is 11.8 Å². The average Bonchev–Trinajstić information content (AvgIpc) is 2.79. The van der Waals surface area contributed by atoms with Crippen molar-refractivity contribution in [2.45, 2.75) is 39.2 Å². The van der Waals surface area contributed by atoms with E-state index in [9.17, 15) is 4.79 Å². The highest BCUT2D eigenvalue weighted by molar-refractivity contribution is 5.97. The van der Waals surface area contributed by atoms with Crippen LogP contribution in [0.25, 0.3) is 0 Å². The molecular weight excluding hydrogens is 252 g/mol. The van der Waals surface area contributed by atoms with Crippen molar-refractivity contribution in [3.63, 3.8) is 0 Å². The number of nitrogen functional groups attached to an aromatic ring is 1. The lowest BCUT2D eigenvalue weighted by atomic mass is 9.93. The van der Waals surface area contributed by atoms with Gasteiger partial charge in [-0.15, -0.1) is 0 Å². The summed E-state index contributed by atoms with van der Waals surface area (Å²) in [7, 11) is 1.55. The van der Waals surface area contributed by atoms with Crippen LogP contribution in [-0.4, -0.2) is 19.1 Å². The maximum absolute atomic E-state index is 12.4. The molecule has 1 aromatic carbocycles. The Morgan fingerprint density at radius 2 is 2.20 bits per heavy atom. The maximum atomic E-state index is 12.4. The van der Waals surface area contributed by atoms with Crippen molar-refractivity contribution in [1.29, 1.82) is 0 Å². The maximum Gasteiger partial charge on any atom is 0.255 e. The summed E-state index contributed by atoms with van der Waals surface area (Å²) in [5.74, 6) is 1.70. The molecule has 0 spiro atoms. The number of amides is 1. The zero-order valence-electron chi connectivity index (χ0n) is 12.5. The summed E-state index contributed by atoms with van der Waals surface area (Å²) in [4.78, 5) is 12.4. The Bertz CT molecular complexity index is 487. The van der Waals surface area contributed by atoms with Crippen LogP contribution in [-0.2, 0) is 0 Å². The Kier molecular flexibility index (Phi) is 4.53. The molecule has 4 heteroatoms. The SMILES string of the molecule is CCC1CCC(NC(=O)c2ccc(N)cc2OC)C1C. The average molecular weight is 276 g/mol. The number of carbonyl (C=O) groups is 1. The molecule has 0 aromatic heterocycles. The summed E-state index contributed by atoms with van der Waals surface area (Å²) in [5, 5.41) is 3.14. The van der Waals surface area contributed by atoms with E-state index in [1.807, 2.05) is 0 Å². The van der Waals surface area contributed by atoms with Crippen LogP contribution in [0.3, 0.4) is 0 Å². The van der Waals surface area contributed by atoms with Gasteiger partial charge in [0.2, 0.25) is 0 Å². The molecule has 20 heavy (non-hydrogen) atoms. The van der Waals surface area contributed by atoms with Crippen molar-refractivity contribution in [2.75, 3.05) is 12.8 Å². The second-order valence-electron chi connectivity index (χ2n) is 5.64. The zero-order chi connectivity index (χ0) is 14.7. The topological polar surface area (TPSA) is 64.4 Å². The van der Waals surface area contributed by atoms with E-state index in [-0.39, 0.29) is 11.9 Å². The Labute approximate surface area is 120 Å². The highest BCUT2D eigenvalue weighted by Gasteiger charge is 2.32. The van der Waals surface area contributed by atoms with E-state index < -0.39 is 0 Å². The van der Waals surface area contributed by atoms with Crippen LogP contribution in [0.15, 0.2) is 18.2 Å². The van der Waals surface area contributed by atoms with Crippen LogP contribution in [0.5, 0.6) is 5.75 Å². The second kappa shape index (κ2) is 6.16. The standard InChI is InChI=1S/C16H24N2O2/c1-4-11-5-8-14(10(11)2)18-16(19)13-7-6-12(17)9-15(13)20-3/h6-7,9-11,14H,4-5,8,17H2,1-3H3,(H,18,19). The van der Waals surface area contributed by atoms with E-state index >= 15 is 0 Å². The van der Waals surface area contributed by atoms with Gasteiger partial charge in [-0.05, 0) is 36.8 Å². The van der Waals surface area contributed by atoms with Crippen LogP contribution in [0.4, 0.5) is 5.69 Å². The normalized spacial score (nSPS) is 25.4. The lowest BCUT2D eigenvalue weighted by Crippen LogP contribution is -2.37. The number of nitrogens with one attached hydrogen (secondary N) is 1. The molecular formula is C16H24N2O2. The largest absolute Gasteiger partial charge is 0.496 e. The first kappa shape index (κ1) is 14.7. The van der Waals surface area contributed by atoms with Crippen molar-refractivity contribution in [3.05, 3.63) is 23.8 Å². The van der Waals surface area contributed by atoms with Gasteiger partial charge in [0, 0.05) is 17.8 Å². The number of carbonyl (C=O) groups excluding carboxylic acids is 1. The molecule has 3 N–H and O–H groups in total. The van der Waals surface area contributed by atoms with Crippen LogP contribution < -0.4 is 15.8 Å². The first-order valence-electron chi connectivity index (χ1n) is 7.31. The third kappa shape index (κ3) is 2.89. The molecule has 1 aromatic rings. The lowest BCUT2D eigenvalue weighted by molar-refractivity contribution is 0.0923. The molecule has 1 amide bonds. The predicted molar refractivity (Wildman–Crippen MR) is 80.8 cm³/mol. The van der Waals surface area contributed by atoms with Gasteiger partial charge in [-0.2, -0.15) is 0 Å². The predicted octanol–water partition coefficient (Wildman–Crippen LogP) is 2.83. The Morgan fingerprint density at radius 1 is 1.45 bits per heavy atom. The third-order valence-corrected chi connectivity index (χ3v) is 4.54. The van der Waals surface area contributed by atoms with Crippen LogP contribution >= 0.6 is 0 Å². The Hall–Kier alpha value is -1.71. The monoisotopic (exact) mass is 276 g/mol. The molecule has 3 unspecified atom stereocenters. The van der Waals surface area contributed by atoms with E-state index in [4.69, 9.17) is 10.5 Å². The van der Waals surface area contributed by atoms with E-state index in [2.05, 4.69) is 19.2 Å². The van der Waals surface area contributed by atoms with Gasteiger partial charge in [0.15, 0.2) is 0 Å². The number of hydrogen-bond donors (Lipinski definition) is 2. The summed E-state index contributed by atoms with van der Waals surface area (Å²) >= 11 is 0. The molecule has 1 aliphatic carbocycles. The van der Waals surface area contributed by atoms with E-state index in [1.54, 1.807) is 25.3 Å². The van der Waals surface area contributed by atoms with Gasteiger partial charge in [-0.25, -0.2) is 0 Å². The minimum atomic E-state index is -0.0737. The van der Waals surface area contributed by atoms with E-state index in [1.165, 1.54) is 12.8 Å². The lowest BCUT2D eigenvalue weighted by Gasteiger charge is -2.21. The van der Waals surface area contributed by atoms with Crippen molar-refractivity contribution >= 4 is 11.6 Å². The molecule has 1 saturated carbocycles. The fourth-order valence-electron chi connectivity index (χ4n) is 3.17. The van der Waals surface area contributed by atoms with Gasteiger partial charge < -0.3 is 15.8 Å². The molecule has 0 radical (unpaired) electrons. The molecule has 1 fully saturated rings. The van der Waals surface area contributed by atoms with Gasteiger partial charge in [0.25, 0.3) is 5.91 Å². The quantitative estimate of drug-likeness (QED) is 0.831. The Morgan fingerprint density at radius 3 is 2.80 bits per heavy atom. The first-order chi connectivity index (χ1) is 9.56. The zero-order valence-corrected chi connectivity index (χ0v) is 12.5. The fraction of sp³-hybridized carbons (Fsp3) is 0.562. The van der Waals surface area contributed by atoms with Crippen molar-refractivity contribution in [2.24, 2.45) is 11.8 Å². The minimum absolute atomic E-state index is 0.0737. The minimum Gasteiger partial charge on any atom is -0.496 e. The van der Waals surface area contributed by atoms with Gasteiger partial charge >= 0.3 is 0 Å². The number of ether oxygens (including phenoxy) is 1. The van der Waals surface area contributed by atoms with E-state index in [0.29, 0.717) is 28.8 Å². The summed E-state index contributed by atoms with van der Waals surface area (Å²) in [6.45, 7) is 4.45. The summed E-state index contributed by atoms with van der Waals surface area (Å²) < 4.78 is 5.24. The molecule has 2 rings (SSSR count). The second-order valence-corrected chi connectivity index (χ2v) is 5.64. The summed E-state index contributed by atoms with van der Waals surface area (Å²) in [5.41, 5.74) is 6.86. The number of methoxy groups -OCH3 is 1. The third-order valence-electron chi connectivity index (χ3n) is 4.54. The molecule has 4 nitrogen and oxygen atoms in total. The van der Waals surface area contributed by atoms with Crippen molar-refractivity contribution in [1.82, 2.24) is 5.32 Å². The summed E-state index contributed by atoms with van der Waals surface area (Å²) in [6.07, 6.45) is 3.43. The molecule has 3 atom stereocenters. The van der Waals surface area contributed by atoms with Gasteiger partial charge in [0.1, 0.15) is 5.75 Å². The summed E-state index contributed by atoms with van der Waals surface area (Å²) in [6, 6.07) is 5.39. The number of rotatable bonds is 4. The van der Waals surface area contributed by atoms with Crippen molar-refractivity contribution < 1.29 is 9.53 Å². The molecule has 0 heterocycles. The van der Waals surface area contributed by atoms with Gasteiger partial charge in [-0.3, -0.25) is 4.79 Å². The highest BCUT2D eigenvalue weighted by Crippen LogP contribution is 2.34. The number of nitrogens with two attached hydrogens (primary N) is 1. The van der Waals surface area contributed by atoms with Crippen LogP contribution in [0.2, 0.25) is 0 Å². The van der Waals surface area contributed by atoms with E-state index in [0.717, 1.165) is 6.42 Å². The molecule has 1 aliphatic rings. The highest BCUT2D eigenvalue weighted by atomic mass is 16.5. The van der Waals surface area contributed by atoms with Gasteiger partial charge in [0.05, 0.1) is 12.7 Å². The molecule has 110 valence electrons. The van der Waals surface area contributed by atoms with Crippen LogP contribution in [0.1, 0.15) is 43.5 Å². The number of anilines is 1. The molecule has 0 saturated heterocycles. The number of benzene rings is 1. The Balaban J connectivity index is 2.09. The number of hydrogen-bond acceptors (Lipinski definition) is 3.